The molecule has 0 unspecified atom stereocenters. The number of hydrogen-bond donors (Lipinski definition) is 0. The summed E-state index contributed by atoms with van der Waals surface area (Å²) in [4.78, 5) is 5.91. The highest BCUT2D eigenvalue weighted by atomic mass is 32.1. The predicted molar refractivity (Wildman–Crippen MR) is 124 cm³/mol. The first-order valence-corrected chi connectivity index (χ1v) is 11.6. The molecule has 0 spiro atoms. The van der Waals surface area contributed by atoms with Crippen LogP contribution in [0.4, 0.5) is 10.1 Å². The van der Waals surface area contributed by atoms with Crippen molar-refractivity contribution in [1.29, 1.82) is 0 Å². The van der Waals surface area contributed by atoms with Crippen LogP contribution >= 0.6 is 11.3 Å². The van der Waals surface area contributed by atoms with Gasteiger partial charge in [-0.3, -0.25) is 9.58 Å². The first-order chi connectivity index (χ1) is 14.4. The van der Waals surface area contributed by atoms with E-state index in [-0.39, 0.29) is 11.4 Å². The van der Waals surface area contributed by atoms with Crippen LogP contribution in [0.1, 0.15) is 32.9 Å². The molecule has 1 aliphatic rings. The van der Waals surface area contributed by atoms with Crippen molar-refractivity contribution in [1.82, 2.24) is 14.7 Å². The number of aryl methyl sites for hydroxylation is 1. The van der Waals surface area contributed by atoms with E-state index < -0.39 is 0 Å². The Kier molecular flexibility index (Phi) is 6.25. The minimum Gasteiger partial charge on any atom is -0.367 e. The van der Waals surface area contributed by atoms with Gasteiger partial charge in [0.05, 0.1) is 27.5 Å². The molecule has 4 nitrogen and oxygen atoms in total. The van der Waals surface area contributed by atoms with E-state index in [1.165, 1.54) is 16.3 Å². The van der Waals surface area contributed by atoms with Gasteiger partial charge in [0.15, 0.2) is 0 Å². The third-order valence-corrected chi connectivity index (χ3v) is 6.53. The molecule has 0 radical (unpaired) electrons. The molecule has 0 bridgehead atoms. The lowest BCUT2D eigenvalue weighted by Gasteiger charge is -2.36. The highest BCUT2D eigenvalue weighted by molar-refractivity contribution is 7.13. The standard InChI is InChI=1S/C24H31FN4S/c1-24(2,3)29-22(23-11-7-17-30-23)18-19(26-29)8-6-12-27-13-15-28(16-14-27)21-10-5-4-9-20(21)25/h4-5,7,9-11,17-18H,6,8,12-16H2,1-3H3. The van der Waals surface area contributed by atoms with Crippen LogP contribution in [-0.2, 0) is 12.0 Å². The molecule has 1 aromatic carbocycles. The van der Waals surface area contributed by atoms with Crippen LogP contribution in [0.15, 0.2) is 47.8 Å². The number of piperazine rings is 1. The van der Waals surface area contributed by atoms with Gasteiger partial charge in [-0.15, -0.1) is 11.3 Å². The Morgan fingerprint density at radius 1 is 1.03 bits per heavy atom. The van der Waals surface area contributed by atoms with Gasteiger partial charge in [0.25, 0.3) is 0 Å². The summed E-state index contributed by atoms with van der Waals surface area (Å²) in [6.45, 7) is 11.4. The minimum atomic E-state index is -0.123. The Balaban J connectivity index is 1.32. The van der Waals surface area contributed by atoms with Gasteiger partial charge < -0.3 is 4.90 Å². The zero-order valence-corrected chi connectivity index (χ0v) is 19.0. The van der Waals surface area contributed by atoms with Crippen LogP contribution in [0.3, 0.4) is 0 Å². The van der Waals surface area contributed by atoms with Gasteiger partial charge in [-0.05, 0) is 69.8 Å². The lowest BCUT2D eigenvalue weighted by Crippen LogP contribution is -2.47. The number of halogens is 1. The molecule has 0 N–H and O–H groups in total. The SMILES string of the molecule is CC(C)(C)n1nc(CCCN2CCN(c3ccccc3F)CC2)cc1-c1cccs1. The van der Waals surface area contributed by atoms with E-state index in [9.17, 15) is 4.39 Å². The lowest BCUT2D eigenvalue weighted by atomic mass is 10.1. The fourth-order valence-corrected chi connectivity index (χ4v) is 4.79. The number of anilines is 1. The fraction of sp³-hybridized carbons (Fsp3) is 0.458. The Labute approximate surface area is 182 Å². The predicted octanol–water partition coefficient (Wildman–Crippen LogP) is 5.26. The van der Waals surface area contributed by atoms with E-state index in [1.807, 2.05) is 12.1 Å². The van der Waals surface area contributed by atoms with Crippen LogP contribution < -0.4 is 4.90 Å². The molecule has 1 fully saturated rings. The molecule has 3 aromatic rings. The molecule has 0 atom stereocenters. The summed E-state index contributed by atoms with van der Waals surface area (Å²) < 4.78 is 16.2. The van der Waals surface area contributed by atoms with Gasteiger partial charge in [0.2, 0.25) is 0 Å². The summed E-state index contributed by atoms with van der Waals surface area (Å²) in [5.74, 6) is -0.123. The average molecular weight is 427 g/mol. The maximum absolute atomic E-state index is 14.0. The number of nitrogens with zero attached hydrogens (tertiary/aromatic N) is 4. The topological polar surface area (TPSA) is 24.3 Å². The van der Waals surface area contributed by atoms with Gasteiger partial charge >= 0.3 is 0 Å². The summed E-state index contributed by atoms with van der Waals surface area (Å²) in [5, 5.41) is 7.06. The summed E-state index contributed by atoms with van der Waals surface area (Å²) in [6.07, 6.45) is 2.07. The van der Waals surface area contributed by atoms with Crippen molar-refractivity contribution in [2.45, 2.75) is 39.2 Å². The number of hydrogen-bond acceptors (Lipinski definition) is 4. The van der Waals surface area contributed by atoms with Crippen molar-refractivity contribution < 1.29 is 4.39 Å². The molecule has 160 valence electrons. The second kappa shape index (κ2) is 8.90. The van der Waals surface area contributed by atoms with Gasteiger partial charge in [-0.1, -0.05) is 18.2 Å². The van der Waals surface area contributed by atoms with Crippen LogP contribution in [0.25, 0.3) is 10.6 Å². The second-order valence-electron chi connectivity index (χ2n) is 8.96. The normalized spacial score (nSPS) is 15.7. The van der Waals surface area contributed by atoms with Crippen molar-refractivity contribution in [2.24, 2.45) is 0 Å². The summed E-state index contributed by atoms with van der Waals surface area (Å²) in [5.41, 5.74) is 3.07. The summed E-state index contributed by atoms with van der Waals surface area (Å²) >= 11 is 1.77. The zero-order valence-electron chi connectivity index (χ0n) is 18.1. The monoisotopic (exact) mass is 426 g/mol. The lowest BCUT2D eigenvalue weighted by molar-refractivity contribution is 0.254. The molecule has 0 amide bonds. The van der Waals surface area contributed by atoms with E-state index in [2.05, 4.69) is 58.8 Å². The van der Waals surface area contributed by atoms with Crippen LogP contribution in [0, 0.1) is 5.82 Å². The largest absolute Gasteiger partial charge is 0.367 e. The van der Waals surface area contributed by atoms with E-state index in [1.54, 1.807) is 23.5 Å². The maximum atomic E-state index is 14.0. The maximum Gasteiger partial charge on any atom is 0.146 e. The molecular weight excluding hydrogens is 395 g/mol. The van der Waals surface area contributed by atoms with Crippen molar-refractivity contribution in [3.05, 3.63) is 59.4 Å². The van der Waals surface area contributed by atoms with Gasteiger partial charge in [-0.2, -0.15) is 5.10 Å². The van der Waals surface area contributed by atoms with Crippen molar-refractivity contribution in [2.75, 3.05) is 37.6 Å². The number of para-hydroxylation sites is 1. The molecule has 4 rings (SSSR count). The van der Waals surface area contributed by atoms with Gasteiger partial charge in [-0.25, -0.2) is 4.39 Å². The highest BCUT2D eigenvalue weighted by Crippen LogP contribution is 2.30. The van der Waals surface area contributed by atoms with E-state index in [0.29, 0.717) is 0 Å². The van der Waals surface area contributed by atoms with Crippen LogP contribution in [-0.4, -0.2) is 47.4 Å². The van der Waals surface area contributed by atoms with E-state index in [0.717, 1.165) is 51.3 Å². The van der Waals surface area contributed by atoms with Gasteiger partial charge in [0.1, 0.15) is 5.82 Å². The Hall–Kier alpha value is -2.18. The number of benzene rings is 1. The van der Waals surface area contributed by atoms with Crippen molar-refractivity contribution >= 4 is 17.0 Å². The molecule has 1 aliphatic heterocycles. The van der Waals surface area contributed by atoms with Gasteiger partial charge in [0, 0.05) is 26.2 Å². The average Bonchev–Trinajstić information content (AvgIpc) is 3.38. The van der Waals surface area contributed by atoms with Crippen LogP contribution in [0.2, 0.25) is 0 Å². The second-order valence-corrected chi connectivity index (χ2v) is 9.91. The smallest absolute Gasteiger partial charge is 0.146 e. The third-order valence-electron chi connectivity index (χ3n) is 5.64. The quantitative estimate of drug-likeness (QED) is 0.537. The van der Waals surface area contributed by atoms with Crippen molar-refractivity contribution in [3.8, 4) is 10.6 Å². The Bertz CT molecular complexity index is 950. The molecule has 30 heavy (non-hydrogen) atoms. The number of thiophene rings is 1. The molecule has 6 heteroatoms. The summed E-state index contributed by atoms with van der Waals surface area (Å²) in [6, 6.07) is 13.6. The first-order valence-electron chi connectivity index (χ1n) is 10.8. The third kappa shape index (κ3) is 4.76. The van der Waals surface area contributed by atoms with E-state index in [4.69, 9.17) is 5.10 Å². The molecule has 3 heterocycles. The number of rotatable bonds is 6. The van der Waals surface area contributed by atoms with Crippen LogP contribution in [0.5, 0.6) is 0 Å². The molecular formula is C24H31FN4S. The highest BCUT2D eigenvalue weighted by Gasteiger charge is 2.22. The zero-order chi connectivity index (χ0) is 21.1. The minimum absolute atomic E-state index is 0.0411. The van der Waals surface area contributed by atoms with Crippen molar-refractivity contribution in [3.63, 3.8) is 0 Å². The molecule has 2 aromatic heterocycles. The molecule has 0 aliphatic carbocycles. The number of aromatic nitrogens is 2. The Morgan fingerprint density at radius 2 is 1.80 bits per heavy atom. The summed E-state index contributed by atoms with van der Waals surface area (Å²) in [7, 11) is 0. The first kappa shape index (κ1) is 21.1. The molecule has 1 saturated heterocycles. The van der Waals surface area contributed by atoms with E-state index >= 15 is 0 Å². The Morgan fingerprint density at radius 3 is 2.47 bits per heavy atom. The molecule has 0 saturated carbocycles. The fourth-order valence-electron chi connectivity index (χ4n) is 4.07.